The number of nitrogens with zero attached hydrogens (tertiary/aromatic N) is 1. The zero-order valence-electron chi connectivity index (χ0n) is 15.9. The third-order valence-corrected chi connectivity index (χ3v) is 5.28. The summed E-state index contributed by atoms with van der Waals surface area (Å²) >= 11 is 1.34. The van der Waals surface area contributed by atoms with E-state index in [1.807, 2.05) is 12.1 Å². The molecule has 0 fully saturated rings. The first kappa shape index (κ1) is 19.5. The predicted octanol–water partition coefficient (Wildman–Crippen LogP) is 5.64. The third-order valence-electron chi connectivity index (χ3n) is 4.33. The standard InChI is InChI=1S/C22H17FN4O2S/c1-13-7-8-15(11-17(13)23)24-21(29)25-16-9-10-19-18(12-16)26-22(30-19)27-20(28)14-5-3-2-4-6-14/h2-12H,1H3,(H2,24,25,29)(H,26,27,28). The minimum absolute atomic E-state index is 0.238. The van der Waals surface area contributed by atoms with Crippen molar-refractivity contribution >= 4 is 50.0 Å². The lowest BCUT2D eigenvalue weighted by Gasteiger charge is -2.08. The summed E-state index contributed by atoms with van der Waals surface area (Å²) in [5.41, 5.74) is 2.58. The Labute approximate surface area is 175 Å². The van der Waals surface area contributed by atoms with E-state index in [4.69, 9.17) is 0 Å². The molecule has 3 amide bonds. The van der Waals surface area contributed by atoms with E-state index in [9.17, 15) is 14.0 Å². The average molecular weight is 420 g/mol. The highest BCUT2D eigenvalue weighted by Crippen LogP contribution is 2.28. The van der Waals surface area contributed by atoms with E-state index >= 15 is 0 Å². The zero-order valence-corrected chi connectivity index (χ0v) is 16.7. The summed E-state index contributed by atoms with van der Waals surface area (Å²) in [5.74, 6) is -0.625. The van der Waals surface area contributed by atoms with Crippen molar-refractivity contribution in [1.82, 2.24) is 4.98 Å². The van der Waals surface area contributed by atoms with Crippen LogP contribution >= 0.6 is 11.3 Å². The Balaban J connectivity index is 1.44. The van der Waals surface area contributed by atoms with Crippen molar-refractivity contribution in [2.45, 2.75) is 6.92 Å². The number of halogens is 1. The number of thiazole rings is 1. The van der Waals surface area contributed by atoms with Crippen LogP contribution in [-0.2, 0) is 0 Å². The zero-order chi connectivity index (χ0) is 21.1. The lowest BCUT2D eigenvalue weighted by Crippen LogP contribution is -2.19. The van der Waals surface area contributed by atoms with Crippen LogP contribution in [-0.4, -0.2) is 16.9 Å². The minimum Gasteiger partial charge on any atom is -0.308 e. The fraction of sp³-hybridized carbons (Fsp3) is 0.0455. The summed E-state index contributed by atoms with van der Waals surface area (Å²) < 4.78 is 14.5. The Morgan fingerprint density at radius 3 is 2.33 bits per heavy atom. The van der Waals surface area contributed by atoms with Crippen molar-refractivity contribution in [3.63, 3.8) is 0 Å². The number of carbonyl (C=O) groups excluding carboxylic acids is 2. The molecule has 0 spiro atoms. The lowest BCUT2D eigenvalue weighted by molar-refractivity contribution is 0.102. The number of anilines is 3. The summed E-state index contributed by atoms with van der Waals surface area (Å²) in [4.78, 5) is 28.9. The van der Waals surface area contributed by atoms with Crippen molar-refractivity contribution in [1.29, 1.82) is 0 Å². The van der Waals surface area contributed by atoms with Crippen LogP contribution in [0.2, 0.25) is 0 Å². The van der Waals surface area contributed by atoms with Crippen LogP contribution in [0.4, 0.5) is 25.7 Å². The van der Waals surface area contributed by atoms with Crippen molar-refractivity contribution in [3.05, 3.63) is 83.7 Å². The van der Waals surface area contributed by atoms with Gasteiger partial charge in [-0.25, -0.2) is 14.2 Å². The molecule has 0 aliphatic heterocycles. The van der Waals surface area contributed by atoms with Crippen molar-refractivity contribution < 1.29 is 14.0 Å². The SMILES string of the molecule is Cc1ccc(NC(=O)Nc2ccc3sc(NC(=O)c4ccccc4)nc3c2)cc1F. The molecule has 30 heavy (non-hydrogen) atoms. The van der Waals surface area contributed by atoms with Crippen molar-refractivity contribution in [3.8, 4) is 0 Å². The van der Waals surface area contributed by atoms with Gasteiger partial charge in [0, 0.05) is 16.9 Å². The molecule has 8 heteroatoms. The molecule has 0 bridgehead atoms. The van der Waals surface area contributed by atoms with Crippen LogP contribution in [0.1, 0.15) is 15.9 Å². The summed E-state index contributed by atoms with van der Waals surface area (Å²) in [7, 11) is 0. The molecule has 0 aliphatic rings. The number of carbonyl (C=O) groups is 2. The molecule has 3 aromatic carbocycles. The summed E-state index contributed by atoms with van der Waals surface area (Å²) in [6.45, 7) is 1.65. The second kappa shape index (κ2) is 8.30. The molecule has 4 rings (SSSR count). The Kier molecular flexibility index (Phi) is 5.40. The van der Waals surface area contributed by atoms with Gasteiger partial charge < -0.3 is 10.6 Å². The van der Waals surface area contributed by atoms with Gasteiger partial charge in [-0.05, 0) is 55.0 Å². The monoisotopic (exact) mass is 420 g/mol. The maximum absolute atomic E-state index is 13.6. The number of rotatable bonds is 4. The Hall–Kier alpha value is -3.78. The molecular formula is C22H17FN4O2S. The molecule has 4 aromatic rings. The van der Waals surface area contributed by atoms with Gasteiger partial charge in [0.05, 0.1) is 10.2 Å². The molecule has 150 valence electrons. The molecule has 0 saturated heterocycles. The molecule has 0 atom stereocenters. The minimum atomic E-state index is -0.495. The number of hydrogen-bond donors (Lipinski definition) is 3. The fourth-order valence-corrected chi connectivity index (χ4v) is 3.62. The fourth-order valence-electron chi connectivity index (χ4n) is 2.78. The predicted molar refractivity (Wildman–Crippen MR) is 118 cm³/mol. The van der Waals surface area contributed by atoms with Gasteiger partial charge in [-0.2, -0.15) is 0 Å². The van der Waals surface area contributed by atoms with Gasteiger partial charge in [0.2, 0.25) is 0 Å². The Bertz CT molecular complexity index is 1240. The third kappa shape index (κ3) is 4.44. The van der Waals surface area contributed by atoms with Gasteiger partial charge in [0.1, 0.15) is 5.82 Å². The van der Waals surface area contributed by atoms with E-state index in [2.05, 4.69) is 20.9 Å². The lowest BCUT2D eigenvalue weighted by atomic mass is 10.2. The summed E-state index contributed by atoms with van der Waals surface area (Å²) in [6, 6.07) is 18.1. The van der Waals surface area contributed by atoms with E-state index in [0.717, 1.165) is 4.70 Å². The van der Waals surface area contributed by atoms with Gasteiger partial charge in [0.15, 0.2) is 5.13 Å². The number of benzene rings is 3. The highest BCUT2D eigenvalue weighted by Gasteiger charge is 2.11. The maximum atomic E-state index is 13.6. The second-order valence-electron chi connectivity index (χ2n) is 6.56. The van der Waals surface area contributed by atoms with E-state index < -0.39 is 6.03 Å². The maximum Gasteiger partial charge on any atom is 0.323 e. The van der Waals surface area contributed by atoms with Gasteiger partial charge in [0.25, 0.3) is 5.91 Å². The second-order valence-corrected chi connectivity index (χ2v) is 7.60. The Morgan fingerprint density at radius 2 is 1.60 bits per heavy atom. The van der Waals surface area contributed by atoms with Crippen LogP contribution < -0.4 is 16.0 Å². The molecule has 0 saturated carbocycles. The molecule has 3 N–H and O–H groups in total. The van der Waals surface area contributed by atoms with Gasteiger partial charge >= 0.3 is 6.03 Å². The molecule has 0 unspecified atom stereocenters. The number of amides is 3. The summed E-state index contributed by atoms with van der Waals surface area (Å²) in [5, 5.41) is 8.54. The van der Waals surface area contributed by atoms with Gasteiger partial charge in [-0.3, -0.25) is 10.1 Å². The van der Waals surface area contributed by atoms with Gasteiger partial charge in [-0.1, -0.05) is 35.6 Å². The van der Waals surface area contributed by atoms with Crippen molar-refractivity contribution in [2.24, 2.45) is 0 Å². The smallest absolute Gasteiger partial charge is 0.308 e. The number of fused-ring (bicyclic) bond motifs is 1. The highest BCUT2D eigenvalue weighted by molar-refractivity contribution is 7.22. The first-order valence-corrected chi connectivity index (χ1v) is 9.91. The van der Waals surface area contributed by atoms with Crippen LogP contribution in [0.15, 0.2) is 66.7 Å². The topological polar surface area (TPSA) is 83.1 Å². The van der Waals surface area contributed by atoms with Crippen LogP contribution in [0, 0.1) is 12.7 Å². The Morgan fingerprint density at radius 1 is 0.900 bits per heavy atom. The first-order valence-electron chi connectivity index (χ1n) is 9.09. The van der Waals surface area contributed by atoms with Crippen LogP contribution in [0.25, 0.3) is 10.2 Å². The number of nitrogens with one attached hydrogen (secondary N) is 3. The quantitative estimate of drug-likeness (QED) is 0.399. The molecule has 0 radical (unpaired) electrons. The normalized spacial score (nSPS) is 10.6. The average Bonchev–Trinajstić information content (AvgIpc) is 3.13. The van der Waals surface area contributed by atoms with E-state index in [-0.39, 0.29) is 11.7 Å². The van der Waals surface area contributed by atoms with E-state index in [0.29, 0.717) is 33.1 Å². The molecule has 0 aliphatic carbocycles. The largest absolute Gasteiger partial charge is 0.323 e. The number of aromatic nitrogens is 1. The molecular weight excluding hydrogens is 403 g/mol. The van der Waals surface area contributed by atoms with Crippen LogP contribution in [0.5, 0.6) is 0 Å². The molecule has 6 nitrogen and oxygen atoms in total. The van der Waals surface area contributed by atoms with E-state index in [1.165, 1.54) is 17.4 Å². The molecule has 1 heterocycles. The van der Waals surface area contributed by atoms with Crippen LogP contribution in [0.3, 0.4) is 0 Å². The summed E-state index contributed by atoms with van der Waals surface area (Å²) in [6.07, 6.45) is 0. The molecule has 1 aromatic heterocycles. The number of urea groups is 1. The van der Waals surface area contributed by atoms with Crippen molar-refractivity contribution in [2.75, 3.05) is 16.0 Å². The highest BCUT2D eigenvalue weighted by atomic mass is 32.1. The van der Waals surface area contributed by atoms with E-state index in [1.54, 1.807) is 55.5 Å². The number of hydrogen-bond acceptors (Lipinski definition) is 4. The first-order chi connectivity index (χ1) is 14.5. The van der Waals surface area contributed by atoms with Gasteiger partial charge in [-0.15, -0.1) is 0 Å². The number of aryl methyl sites for hydroxylation is 1.